The Morgan fingerprint density at radius 3 is 2.37 bits per heavy atom. The Kier molecular flexibility index (Phi) is 2.62. The summed E-state index contributed by atoms with van der Waals surface area (Å²) < 4.78 is 31.1. The standard InChI is InChI=1S/C13H9N2O3S/c16-19(17,18)10-6-7-11-12(8-10)15-13(14-11)9-4-2-1-3-5-9/h1-8H,(H,16,17,18). The molecule has 95 valence electrons. The average Bonchev–Trinajstić information content (AvgIpc) is 2.81. The van der Waals surface area contributed by atoms with Crippen LogP contribution in [0.5, 0.6) is 0 Å². The van der Waals surface area contributed by atoms with Crippen LogP contribution in [0.4, 0.5) is 11.4 Å². The van der Waals surface area contributed by atoms with Crippen molar-refractivity contribution in [1.82, 2.24) is 5.32 Å². The van der Waals surface area contributed by atoms with E-state index in [1.165, 1.54) is 18.2 Å². The van der Waals surface area contributed by atoms with E-state index in [1.807, 2.05) is 30.3 Å². The molecule has 1 radical (unpaired) electrons. The highest BCUT2D eigenvalue weighted by atomic mass is 32.2. The van der Waals surface area contributed by atoms with E-state index in [0.29, 0.717) is 17.2 Å². The Balaban J connectivity index is 2.04. The van der Waals surface area contributed by atoms with Crippen LogP contribution in [0.3, 0.4) is 0 Å². The molecule has 1 N–H and O–H groups in total. The fourth-order valence-corrected chi connectivity index (χ4v) is 2.32. The van der Waals surface area contributed by atoms with Crippen LogP contribution in [0, 0.1) is 0 Å². The molecule has 2 aromatic rings. The molecule has 1 heterocycles. The van der Waals surface area contributed by atoms with Gasteiger partial charge in [-0.05, 0) is 18.2 Å². The molecule has 0 aromatic heterocycles. The molecule has 6 heteroatoms. The third kappa shape index (κ3) is 2.23. The van der Waals surface area contributed by atoms with Crippen molar-refractivity contribution in [3.8, 4) is 0 Å². The molecule has 1 aliphatic rings. The Morgan fingerprint density at radius 1 is 0.947 bits per heavy atom. The summed E-state index contributed by atoms with van der Waals surface area (Å²) in [4.78, 5) is 4.09. The number of hydrogen-bond donors (Lipinski definition) is 1. The quantitative estimate of drug-likeness (QED) is 0.852. The van der Waals surface area contributed by atoms with Gasteiger partial charge >= 0.3 is 0 Å². The van der Waals surface area contributed by atoms with Gasteiger partial charge in [-0.1, -0.05) is 30.3 Å². The van der Waals surface area contributed by atoms with Gasteiger partial charge in [0.05, 0.1) is 16.3 Å². The van der Waals surface area contributed by atoms with E-state index in [-0.39, 0.29) is 4.90 Å². The number of benzene rings is 2. The van der Waals surface area contributed by atoms with Crippen LogP contribution >= 0.6 is 0 Å². The number of aliphatic imine (C=N–C) groups is 1. The molecule has 5 nitrogen and oxygen atoms in total. The molecule has 0 amide bonds. The van der Waals surface area contributed by atoms with Crippen molar-refractivity contribution in [2.75, 3.05) is 0 Å². The van der Waals surface area contributed by atoms with Gasteiger partial charge in [0, 0.05) is 5.56 Å². The molecule has 1 aliphatic heterocycles. The molecular weight excluding hydrogens is 264 g/mol. The Hall–Kier alpha value is -2.18. The fraction of sp³-hybridized carbons (Fsp3) is 0. The van der Waals surface area contributed by atoms with Crippen molar-refractivity contribution in [2.24, 2.45) is 4.99 Å². The van der Waals surface area contributed by atoms with Crippen LogP contribution in [0.15, 0.2) is 58.4 Å². The third-order valence-corrected chi connectivity index (χ3v) is 3.58. The highest BCUT2D eigenvalue weighted by Gasteiger charge is 2.20. The molecule has 0 spiro atoms. The van der Waals surface area contributed by atoms with Crippen LogP contribution in [-0.2, 0) is 10.1 Å². The van der Waals surface area contributed by atoms with Crippen molar-refractivity contribution in [3.63, 3.8) is 0 Å². The predicted octanol–water partition coefficient (Wildman–Crippen LogP) is 2.26. The van der Waals surface area contributed by atoms with Gasteiger partial charge in [-0.3, -0.25) is 4.55 Å². The topological polar surface area (TPSA) is 80.8 Å². The van der Waals surface area contributed by atoms with E-state index in [1.54, 1.807) is 0 Å². The summed E-state index contributed by atoms with van der Waals surface area (Å²) >= 11 is 0. The van der Waals surface area contributed by atoms with Crippen LogP contribution in [0.1, 0.15) is 5.56 Å². The monoisotopic (exact) mass is 273 g/mol. The lowest BCUT2D eigenvalue weighted by molar-refractivity contribution is 0.483. The van der Waals surface area contributed by atoms with Crippen molar-refractivity contribution in [1.29, 1.82) is 0 Å². The Labute approximate surface area is 110 Å². The van der Waals surface area contributed by atoms with Gasteiger partial charge < -0.3 is 0 Å². The maximum Gasteiger partial charge on any atom is 0.294 e. The van der Waals surface area contributed by atoms with E-state index >= 15 is 0 Å². The summed E-state index contributed by atoms with van der Waals surface area (Å²) in [6.07, 6.45) is 0. The average molecular weight is 273 g/mol. The van der Waals surface area contributed by atoms with Crippen LogP contribution < -0.4 is 5.32 Å². The summed E-state index contributed by atoms with van der Waals surface area (Å²) in [7, 11) is -4.22. The zero-order chi connectivity index (χ0) is 13.5. The van der Waals surface area contributed by atoms with Crippen molar-refractivity contribution in [2.45, 2.75) is 4.90 Å². The molecule has 0 unspecified atom stereocenters. The first kappa shape index (κ1) is 11.9. The van der Waals surface area contributed by atoms with Crippen molar-refractivity contribution < 1.29 is 13.0 Å². The molecule has 0 aliphatic carbocycles. The SMILES string of the molecule is O=S(=O)(O)c1ccc2c(c1)N=C(c1ccccc1)[N]2. The zero-order valence-corrected chi connectivity index (χ0v) is 10.5. The van der Waals surface area contributed by atoms with Crippen molar-refractivity contribution in [3.05, 3.63) is 54.1 Å². The Morgan fingerprint density at radius 2 is 1.68 bits per heavy atom. The van der Waals surface area contributed by atoms with E-state index in [9.17, 15) is 8.42 Å². The van der Waals surface area contributed by atoms with Gasteiger partial charge in [0.1, 0.15) is 0 Å². The fourth-order valence-electron chi connectivity index (χ4n) is 1.82. The largest absolute Gasteiger partial charge is 0.294 e. The number of nitrogens with zero attached hydrogens (tertiary/aromatic N) is 2. The number of amidine groups is 1. The lowest BCUT2D eigenvalue weighted by Gasteiger charge is -2.00. The number of hydrogen-bond acceptors (Lipinski definition) is 3. The predicted molar refractivity (Wildman–Crippen MR) is 70.7 cm³/mol. The van der Waals surface area contributed by atoms with Crippen LogP contribution in [0.2, 0.25) is 0 Å². The molecule has 0 saturated heterocycles. The smallest absolute Gasteiger partial charge is 0.282 e. The van der Waals surface area contributed by atoms with Gasteiger partial charge in [0.15, 0.2) is 5.84 Å². The van der Waals surface area contributed by atoms with Crippen LogP contribution in [0.25, 0.3) is 0 Å². The van der Waals surface area contributed by atoms with Gasteiger partial charge in [-0.15, -0.1) is 0 Å². The molecule has 3 rings (SSSR count). The van der Waals surface area contributed by atoms with Crippen molar-refractivity contribution >= 4 is 27.3 Å². The van der Waals surface area contributed by atoms with E-state index in [2.05, 4.69) is 10.3 Å². The maximum absolute atomic E-state index is 11.1. The summed E-state index contributed by atoms with van der Waals surface area (Å²) in [5, 5.41) is 4.32. The molecule has 2 aromatic carbocycles. The van der Waals surface area contributed by atoms with Gasteiger partial charge in [-0.25, -0.2) is 10.3 Å². The third-order valence-electron chi connectivity index (χ3n) is 2.73. The highest BCUT2D eigenvalue weighted by molar-refractivity contribution is 7.85. The summed E-state index contributed by atoms with van der Waals surface area (Å²) in [5.41, 5.74) is 1.88. The summed E-state index contributed by atoms with van der Waals surface area (Å²) in [5.74, 6) is 0.531. The highest BCUT2D eigenvalue weighted by Crippen LogP contribution is 2.33. The lowest BCUT2D eigenvalue weighted by Crippen LogP contribution is -2.07. The molecule has 0 bridgehead atoms. The second kappa shape index (κ2) is 4.18. The molecule has 0 fully saturated rings. The summed E-state index contributed by atoms with van der Waals surface area (Å²) in [6.45, 7) is 0. The van der Waals surface area contributed by atoms with E-state index in [0.717, 1.165) is 5.56 Å². The maximum atomic E-state index is 11.1. The second-order valence-corrected chi connectivity index (χ2v) is 5.46. The first-order chi connectivity index (χ1) is 9.04. The minimum Gasteiger partial charge on any atom is -0.282 e. The molecule has 19 heavy (non-hydrogen) atoms. The lowest BCUT2D eigenvalue weighted by atomic mass is 10.2. The second-order valence-electron chi connectivity index (χ2n) is 4.04. The van der Waals surface area contributed by atoms with Crippen LogP contribution in [-0.4, -0.2) is 18.8 Å². The zero-order valence-electron chi connectivity index (χ0n) is 9.69. The van der Waals surface area contributed by atoms with Gasteiger partial charge in [-0.2, -0.15) is 8.42 Å². The number of fused-ring (bicyclic) bond motifs is 1. The van der Waals surface area contributed by atoms with Gasteiger partial charge in [0.2, 0.25) is 0 Å². The molecule has 0 saturated carbocycles. The van der Waals surface area contributed by atoms with Gasteiger partial charge in [0.25, 0.3) is 10.1 Å². The summed E-state index contributed by atoms with van der Waals surface area (Å²) in [6, 6.07) is 13.5. The first-order valence-corrected chi connectivity index (χ1v) is 6.95. The normalized spacial score (nSPS) is 13.6. The van der Waals surface area contributed by atoms with E-state index < -0.39 is 10.1 Å². The molecular formula is C13H9N2O3S. The minimum atomic E-state index is -4.22. The number of rotatable bonds is 2. The van der Waals surface area contributed by atoms with E-state index in [4.69, 9.17) is 4.55 Å². The first-order valence-electron chi connectivity index (χ1n) is 5.51. The Bertz CT molecular complexity index is 768. The minimum absolute atomic E-state index is 0.181. The molecule has 0 atom stereocenters.